The van der Waals surface area contributed by atoms with Crippen molar-refractivity contribution in [2.24, 2.45) is 0 Å². The molecule has 0 aliphatic rings. The van der Waals surface area contributed by atoms with Gasteiger partial charge >= 0.3 is 11.9 Å². The third kappa shape index (κ3) is 4.23. The minimum Gasteiger partial charge on any atom is -0.507 e. The molecule has 0 bridgehead atoms. The molecule has 0 saturated carbocycles. The molecule has 9 heteroatoms. The molecule has 0 amide bonds. The van der Waals surface area contributed by atoms with Crippen molar-refractivity contribution in [3.8, 4) is 11.5 Å². The zero-order valence-electron chi connectivity index (χ0n) is 17.7. The predicted molar refractivity (Wildman–Crippen MR) is 113 cm³/mol. The van der Waals surface area contributed by atoms with Crippen LogP contribution >= 0.6 is 0 Å². The molecule has 0 fully saturated rings. The van der Waals surface area contributed by atoms with E-state index in [1.807, 2.05) is 0 Å². The zero-order valence-corrected chi connectivity index (χ0v) is 18.5. The Hall–Kier alpha value is -3.07. The number of aromatic hydroxyl groups is 2. The number of carboxylic acids is 2. The van der Waals surface area contributed by atoms with Crippen LogP contribution in [0.4, 0.5) is 0 Å². The van der Waals surface area contributed by atoms with Crippen LogP contribution in [0.15, 0.2) is 34.1 Å². The molecule has 168 valence electrons. The maximum absolute atomic E-state index is 13.8. The van der Waals surface area contributed by atoms with Crippen LogP contribution in [-0.2, 0) is 9.84 Å². The highest BCUT2D eigenvalue weighted by Crippen LogP contribution is 2.44. The molecule has 0 aliphatic carbocycles. The van der Waals surface area contributed by atoms with Crippen LogP contribution in [0.5, 0.6) is 11.5 Å². The minimum absolute atomic E-state index is 0.0924. The minimum atomic E-state index is -4.71. The summed E-state index contributed by atoms with van der Waals surface area (Å²) < 4.78 is 27.6. The number of sulfone groups is 1. The van der Waals surface area contributed by atoms with Crippen LogP contribution in [0.25, 0.3) is 0 Å². The quantitative estimate of drug-likeness (QED) is 0.463. The van der Waals surface area contributed by atoms with E-state index < -0.39 is 54.9 Å². The Kier molecular flexibility index (Phi) is 7.00. The average molecular weight is 451 g/mol. The molecule has 2 aromatic carbocycles. The number of phenolic OH excluding ortho intramolecular Hbond substituents is 2. The van der Waals surface area contributed by atoms with Gasteiger partial charge in [0, 0.05) is 0 Å². The number of aromatic carboxylic acids is 2. The van der Waals surface area contributed by atoms with Crippen LogP contribution in [0, 0.1) is 0 Å². The largest absolute Gasteiger partial charge is 0.507 e. The Balaban J connectivity index is 3.09. The molecular formula is C22H26O8S. The number of hydrogen-bond donors (Lipinski definition) is 4. The fraction of sp³-hybridized carbons (Fsp3) is 0.364. The van der Waals surface area contributed by atoms with Gasteiger partial charge in [0.1, 0.15) is 21.3 Å². The monoisotopic (exact) mass is 450 g/mol. The van der Waals surface area contributed by atoms with Gasteiger partial charge in [-0.25, -0.2) is 18.0 Å². The highest BCUT2D eigenvalue weighted by atomic mass is 32.2. The lowest BCUT2D eigenvalue weighted by molar-refractivity contribution is 0.0684. The molecule has 2 atom stereocenters. The van der Waals surface area contributed by atoms with Crippen LogP contribution in [0.3, 0.4) is 0 Å². The van der Waals surface area contributed by atoms with Crippen LogP contribution in [0.1, 0.15) is 84.2 Å². The number of benzene rings is 2. The van der Waals surface area contributed by atoms with Crippen molar-refractivity contribution < 1.29 is 38.4 Å². The van der Waals surface area contributed by atoms with Crippen molar-refractivity contribution >= 4 is 21.8 Å². The van der Waals surface area contributed by atoms with E-state index in [9.17, 15) is 38.4 Å². The van der Waals surface area contributed by atoms with E-state index in [0.29, 0.717) is 12.8 Å². The highest BCUT2D eigenvalue weighted by Gasteiger charge is 2.36. The molecule has 0 spiro atoms. The summed E-state index contributed by atoms with van der Waals surface area (Å²) in [5.74, 6) is -5.18. The van der Waals surface area contributed by atoms with Gasteiger partial charge < -0.3 is 20.4 Å². The lowest BCUT2D eigenvalue weighted by atomic mass is 9.93. The first-order valence-electron chi connectivity index (χ1n) is 9.83. The Morgan fingerprint density at radius 3 is 1.35 bits per heavy atom. The Bertz CT molecular complexity index is 1050. The number of phenols is 2. The van der Waals surface area contributed by atoms with Gasteiger partial charge in [0.25, 0.3) is 0 Å². The molecule has 0 aliphatic heterocycles. The third-order valence-electron chi connectivity index (χ3n) is 5.56. The number of rotatable bonds is 8. The SMILES string of the molecule is CCC(C)c1c(C(=O)O)ccc(O)c1S(=O)(=O)c1c(O)ccc(C(=O)O)c1C(C)CC. The van der Waals surface area contributed by atoms with Gasteiger partial charge in [-0.3, -0.25) is 0 Å². The summed E-state index contributed by atoms with van der Waals surface area (Å²) >= 11 is 0. The summed E-state index contributed by atoms with van der Waals surface area (Å²) in [6, 6.07) is 4.20. The van der Waals surface area contributed by atoms with Crippen molar-refractivity contribution in [1.29, 1.82) is 0 Å². The second-order valence-electron chi connectivity index (χ2n) is 7.48. The average Bonchev–Trinajstić information content (AvgIpc) is 2.70. The Morgan fingerprint density at radius 2 is 1.10 bits per heavy atom. The molecule has 8 nitrogen and oxygen atoms in total. The third-order valence-corrected chi connectivity index (χ3v) is 7.49. The summed E-state index contributed by atoms with van der Waals surface area (Å²) in [4.78, 5) is 22.3. The van der Waals surface area contributed by atoms with Gasteiger partial charge in [0.15, 0.2) is 0 Å². The standard InChI is InChI=1S/C22H26O8S/c1-5-11(3)17-13(21(25)26)7-9-15(23)19(17)31(29,30)20-16(24)10-8-14(22(27)28)18(20)12(4)6-2/h7-12,23-24H,5-6H2,1-4H3,(H,25,26)(H,27,28). The van der Waals surface area contributed by atoms with E-state index in [2.05, 4.69) is 0 Å². The molecule has 4 N–H and O–H groups in total. The summed E-state index contributed by atoms with van der Waals surface area (Å²) in [6.45, 7) is 6.74. The number of carbonyl (C=O) groups is 2. The molecule has 0 radical (unpaired) electrons. The number of hydrogen-bond acceptors (Lipinski definition) is 6. The van der Waals surface area contributed by atoms with Gasteiger partial charge in [-0.1, -0.05) is 27.7 Å². The first-order chi connectivity index (χ1) is 14.4. The smallest absolute Gasteiger partial charge is 0.336 e. The second-order valence-corrected chi connectivity index (χ2v) is 9.31. The fourth-order valence-corrected chi connectivity index (χ4v) is 5.69. The molecule has 2 rings (SSSR count). The zero-order chi connectivity index (χ0) is 23.7. The van der Waals surface area contributed by atoms with E-state index in [1.165, 1.54) is 0 Å². The lowest BCUT2D eigenvalue weighted by Crippen LogP contribution is -2.17. The number of carboxylic acid groups (broad SMARTS) is 2. The van der Waals surface area contributed by atoms with E-state index in [0.717, 1.165) is 24.3 Å². The molecule has 2 aromatic rings. The van der Waals surface area contributed by atoms with Crippen molar-refractivity contribution in [1.82, 2.24) is 0 Å². The maximum Gasteiger partial charge on any atom is 0.336 e. The summed E-state index contributed by atoms with van der Waals surface area (Å²) in [5.41, 5.74) is -0.759. The van der Waals surface area contributed by atoms with Crippen molar-refractivity contribution in [3.05, 3.63) is 46.5 Å². The summed E-state index contributed by atoms with van der Waals surface area (Å²) in [6.07, 6.45) is 0.761. The van der Waals surface area contributed by atoms with Crippen molar-refractivity contribution in [2.75, 3.05) is 0 Å². The van der Waals surface area contributed by atoms with E-state index in [1.54, 1.807) is 27.7 Å². The molecule has 0 heterocycles. The van der Waals surface area contributed by atoms with Gasteiger partial charge in [-0.15, -0.1) is 0 Å². The summed E-state index contributed by atoms with van der Waals surface area (Å²) in [5, 5.41) is 40.3. The van der Waals surface area contributed by atoms with Gasteiger partial charge in [-0.2, -0.15) is 0 Å². The van der Waals surface area contributed by atoms with E-state index >= 15 is 0 Å². The first-order valence-corrected chi connectivity index (χ1v) is 11.3. The lowest BCUT2D eigenvalue weighted by Gasteiger charge is -2.23. The van der Waals surface area contributed by atoms with E-state index in [-0.39, 0.29) is 22.3 Å². The molecule has 0 aromatic heterocycles. The molecule has 2 unspecified atom stereocenters. The van der Waals surface area contributed by atoms with E-state index in [4.69, 9.17) is 0 Å². The molecule has 0 saturated heterocycles. The Morgan fingerprint density at radius 1 is 0.774 bits per heavy atom. The maximum atomic E-state index is 13.8. The highest BCUT2D eigenvalue weighted by molar-refractivity contribution is 7.91. The first kappa shape index (κ1) is 24.2. The molecule has 31 heavy (non-hydrogen) atoms. The topological polar surface area (TPSA) is 149 Å². The normalized spacial score (nSPS) is 13.5. The van der Waals surface area contributed by atoms with Crippen molar-refractivity contribution in [2.45, 2.75) is 62.2 Å². The second kappa shape index (κ2) is 8.97. The fourth-order valence-electron chi connectivity index (χ4n) is 3.60. The predicted octanol–water partition coefficient (Wildman–Crippen LogP) is 4.35. The van der Waals surface area contributed by atoms with Gasteiger partial charge in [-0.05, 0) is 60.1 Å². The van der Waals surface area contributed by atoms with Crippen LogP contribution in [-0.4, -0.2) is 40.8 Å². The van der Waals surface area contributed by atoms with Crippen molar-refractivity contribution in [3.63, 3.8) is 0 Å². The Labute approximate surface area is 180 Å². The van der Waals surface area contributed by atoms with Gasteiger partial charge in [0.05, 0.1) is 11.1 Å². The summed E-state index contributed by atoms with van der Waals surface area (Å²) in [7, 11) is -4.71. The molecular weight excluding hydrogens is 424 g/mol. The van der Waals surface area contributed by atoms with Crippen LogP contribution < -0.4 is 0 Å². The van der Waals surface area contributed by atoms with Crippen LogP contribution in [0.2, 0.25) is 0 Å². The van der Waals surface area contributed by atoms with Gasteiger partial charge in [0.2, 0.25) is 9.84 Å².